The number of nitrogens with one attached hydrogen (secondary N) is 3. The number of benzene rings is 1. The molecule has 0 aromatic heterocycles. The van der Waals surface area contributed by atoms with Crippen molar-refractivity contribution in [3.8, 4) is 0 Å². The van der Waals surface area contributed by atoms with Crippen molar-refractivity contribution in [3.63, 3.8) is 0 Å². The van der Waals surface area contributed by atoms with Crippen molar-refractivity contribution in [2.24, 2.45) is 0 Å². The molecule has 0 heterocycles. The van der Waals surface area contributed by atoms with E-state index in [1.54, 1.807) is 18.2 Å². The van der Waals surface area contributed by atoms with Crippen LogP contribution in [0.4, 0.5) is 0 Å². The molecule has 6 nitrogen and oxygen atoms in total. The van der Waals surface area contributed by atoms with Crippen LogP contribution >= 0.6 is 0 Å². The number of amides is 3. The maximum absolute atomic E-state index is 13.4. The highest BCUT2D eigenvalue weighted by Gasteiger charge is 2.16. The third kappa shape index (κ3) is 37.5. The minimum atomic E-state index is -0.215. The van der Waals surface area contributed by atoms with Gasteiger partial charge in [0, 0.05) is 36.3 Å². The molecule has 366 valence electrons. The Morgan fingerprint density at radius 2 is 0.397 bits per heavy atom. The first-order valence-corrected chi connectivity index (χ1v) is 28.0. The van der Waals surface area contributed by atoms with Crippen molar-refractivity contribution in [2.75, 3.05) is 19.6 Å². The molecule has 3 amide bonds. The Hall–Kier alpha value is -2.37. The highest BCUT2D eigenvalue weighted by Crippen LogP contribution is 2.17. The zero-order valence-electron chi connectivity index (χ0n) is 42.3. The lowest BCUT2D eigenvalue weighted by atomic mass is 10.0. The van der Waals surface area contributed by atoms with E-state index in [0.717, 1.165) is 38.5 Å². The zero-order valence-corrected chi connectivity index (χ0v) is 42.3. The van der Waals surface area contributed by atoms with E-state index >= 15 is 0 Å². The molecular formula is C57H105N3O3. The van der Waals surface area contributed by atoms with Gasteiger partial charge in [0.05, 0.1) is 0 Å². The molecule has 6 heteroatoms. The lowest BCUT2D eigenvalue weighted by molar-refractivity contribution is 0.0952. The first-order chi connectivity index (χ1) is 31.0. The van der Waals surface area contributed by atoms with Crippen molar-refractivity contribution in [3.05, 3.63) is 34.9 Å². The number of unbranched alkanes of at least 4 members (excludes halogenated alkanes) is 39. The molecule has 0 radical (unpaired) electrons. The molecule has 1 rings (SSSR count). The number of carbonyl (C=O) groups excluding carboxylic acids is 3. The van der Waals surface area contributed by atoms with E-state index in [9.17, 15) is 14.4 Å². The van der Waals surface area contributed by atoms with Crippen molar-refractivity contribution < 1.29 is 14.4 Å². The van der Waals surface area contributed by atoms with Crippen LogP contribution in [0.25, 0.3) is 0 Å². The molecule has 0 atom stereocenters. The molecule has 63 heavy (non-hydrogen) atoms. The summed E-state index contributed by atoms with van der Waals surface area (Å²) in [5.74, 6) is -0.646. The van der Waals surface area contributed by atoms with Crippen LogP contribution in [-0.4, -0.2) is 37.4 Å². The number of hydrogen-bond donors (Lipinski definition) is 3. The Kier molecular flexibility index (Phi) is 43.0. The van der Waals surface area contributed by atoms with Gasteiger partial charge >= 0.3 is 0 Å². The summed E-state index contributed by atoms with van der Waals surface area (Å²) >= 11 is 0. The Morgan fingerprint density at radius 3 is 0.556 bits per heavy atom. The van der Waals surface area contributed by atoms with Gasteiger partial charge in [0.1, 0.15) is 0 Å². The number of carbonyl (C=O) groups is 3. The molecule has 0 unspecified atom stereocenters. The van der Waals surface area contributed by atoms with Crippen molar-refractivity contribution in [1.29, 1.82) is 0 Å². The van der Waals surface area contributed by atoms with Crippen molar-refractivity contribution in [2.45, 2.75) is 290 Å². The minimum Gasteiger partial charge on any atom is -0.352 e. The van der Waals surface area contributed by atoms with Gasteiger partial charge in [-0.05, 0) is 37.5 Å². The van der Waals surface area contributed by atoms with Crippen molar-refractivity contribution >= 4 is 17.7 Å². The second-order valence-corrected chi connectivity index (χ2v) is 19.4. The Labute approximate surface area is 391 Å². The molecule has 0 aliphatic rings. The van der Waals surface area contributed by atoms with Crippen LogP contribution in [-0.2, 0) is 0 Å². The predicted molar refractivity (Wildman–Crippen MR) is 274 cm³/mol. The standard InChI is InChI=1S/C57H105N3O3/c1-4-7-10-13-16-19-22-25-28-31-34-37-40-43-46-58-55(61)52-49-53(56(62)59-47-44-41-38-35-32-29-26-23-20-17-14-11-8-5-2)51-54(50-52)57(63)60-48-45-42-39-36-33-30-27-24-21-18-15-12-9-6-3/h49-51H,4-48H2,1-3H3,(H,58,61)(H,59,62)(H,60,63). The maximum Gasteiger partial charge on any atom is 0.251 e. The average molecular weight is 880 g/mol. The van der Waals surface area contributed by atoms with Gasteiger partial charge in [0.15, 0.2) is 0 Å². The molecule has 0 bridgehead atoms. The smallest absolute Gasteiger partial charge is 0.251 e. The first-order valence-electron chi connectivity index (χ1n) is 28.0. The Balaban J connectivity index is 2.46. The highest BCUT2D eigenvalue weighted by atomic mass is 16.2. The van der Waals surface area contributed by atoms with Gasteiger partial charge in [0.2, 0.25) is 0 Å². The molecule has 0 fully saturated rings. The summed E-state index contributed by atoms with van der Waals surface area (Å²) in [6.07, 6.45) is 54.6. The topological polar surface area (TPSA) is 87.3 Å². The summed E-state index contributed by atoms with van der Waals surface area (Å²) in [4.78, 5) is 40.1. The molecule has 0 aliphatic heterocycles. The minimum absolute atomic E-state index is 0.215. The Morgan fingerprint density at radius 1 is 0.254 bits per heavy atom. The van der Waals surface area contributed by atoms with Crippen LogP contribution in [0, 0.1) is 0 Å². The van der Waals surface area contributed by atoms with Gasteiger partial charge in [-0.15, -0.1) is 0 Å². The number of hydrogen-bond acceptors (Lipinski definition) is 3. The van der Waals surface area contributed by atoms with Gasteiger partial charge < -0.3 is 16.0 Å². The van der Waals surface area contributed by atoms with Gasteiger partial charge in [-0.1, -0.05) is 271 Å². The maximum atomic E-state index is 13.4. The predicted octanol–water partition coefficient (Wildman–Crippen LogP) is 17.3. The first kappa shape index (κ1) is 58.6. The van der Waals surface area contributed by atoms with Gasteiger partial charge in [0.25, 0.3) is 17.7 Å². The fourth-order valence-electron chi connectivity index (χ4n) is 8.89. The van der Waals surface area contributed by atoms with Gasteiger partial charge in [-0.25, -0.2) is 0 Å². The second-order valence-electron chi connectivity index (χ2n) is 19.4. The monoisotopic (exact) mass is 880 g/mol. The van der Waals surface area contributed by atoms with E-state index in [4.69, 9.17) is 0 Å². The fraction of sp³-hybridized carbons (Fsp3) is 0.842. The van der Waals surface area contributed by atoms with E-state index in [0.29, 0.717) is 36.3 Å². The third-order valence-corrected chi connectivity index (χ3v) is 13.2. The Bertz CT molecular complexity index is 1030. The molecule has 0 aliphatic carbocycles. The van der Waals surface area contributed by atoms with Crippen LogP contribution in [0.3, 0.4) is 0 Å². The molecule has 1 aromatic carbocycles. The fourth-order valence-corrected chi connectivity index (χ4v) is 8.89. The van der Waals surface area contributed by atoms with Gasteiger partial charge in [-0.3, -0.25) is 14.4 Å². The average Bonchev–Trinajstić information content (AvgIpc) is 3.29. The van der Waals surface area contributed by atoms with Crippen LogP contribution in [0.2, 0.25) is 0 Å². The molecule has 3 N–H and O–H groups in total. The molecular weight excluding hydrogens is 775 g/mol. The van der Waals surface area contributed by atoms with Crippen LogP contribution in [0.1, 0.15) is 322 Å². The summed E-state index contributed by atoms with van der Waals surface area (Å²) in [6.45, 7) is 8.64. The summed E-state index contributed by atoms with van der Waals surface area (Å²) in [6, 6.07) is 4.97. The summed E-state index contributed by atoms with van der Waals surface area (Å²) < 4.78 is 0. The highest BCUT2D eigenvalue weighted by molar-refractivity contribution is 6.04. The lowest BCUT2D eigenvalue weighted by Gasteiger charge is -2.12. The van der Waals surface area contributed by atoms with Crippen molar-refractivity contribution in [1.82, 2.24) is 16.0 Å². The van der Waals surface area contributed by atoms with E-state index in [1.165, 1.54) is 231 Å². The molecule has 0 saturated carbocycles. The van der Waals surface area contributed by atoms with E-state index in [1.807, 2.05) is 0 Å². The largest absolute Gasteiger partial charge is 0.352 e. The lowest BCUT2D eigenvalue weighted by Crippen LogP contribution is -2.29. The van der Waals surface area contributed by atoms with Crippen LogP contribution in [0.15, 0.2) is 18.2 Å². The van der Waals surface area contributed by atoms with Gasteiger partial charge in [-0.2, -0.15) is 0 Å². The van der Waals surface area contributed by atoms with E-state index in [2.05, 4.69) is 36.7 Å². The molecule has 0 spiro atoms. The summed E-state index contributed by atoms with van der Waals surface area (Å²) in [5.41, 5.74) is 1.14. The summed E-state index contributed by atoms with van der Waals surface area (Å²) in [5, 5.41) is 9.22. The quantitative estimate of drug-likeness (QED) is 0.0570. The summed E-state index contributed by atoms with van der Waals surface area (Å²) in [7, 11) is 0. The second kappa shape index (κ2) is 46.2. The zero-order chi connectivity index (χ0) is 45.5. The van der Waals surface area contributed by atoms with E-state index < -0.39 is 0 Å². The third-order valence-electron chi connectivity index (χ3n) is 13.2. The molecule has 1 aromatic rings. The van der Waals surface area contributed by atoms with Crippen LogP contribution in [0.5, 0.6) is 0 Å². The van der Waals surface area contributed by atoms with E-state index in [-0.39, 0.29) is 17.7 Å². The van der Waals surface area contributed by atoms with Crippen LogP contribution < -0.4 is 16.0 Å². The number of rotatable bonds is 48. The normalized spacial score (nSPS) is 11.3. The molecule has 0 saturated heterocycles. The SMILES string of the molecule is CCCCCCCCCCCCCCCCNC(=O)c1cc(C(=O)NCCCCCCCCCCCCCCCC)cc(C(=O)NCCCCCCCCCCCCCCCC)c1.